The highest BCUT2D eigenvalue weighted by atomic mass is 16.5. The van der Waals surface area contributed by atoms with Gasteiger partial charge in [0.1, 0.15) is 11.5 Å². The molecule has 1 aliphatic heterocycles. The van der Waals surface area contributed by atoms with Gasteiger partial charge in [-0.25, -0.2) is 5.43 Å². The number of nitrogens with one attached hydrogen (secondary N) is 2. The Bertz CT molecular complexity index is 893. The van der Waals surface area contributed by atoms with Gasteiger partial charge in [0.25, 0.3) is 5.91 Å². The summed E-state index contributed by atoms with van der Waals surface area (Å²) in [4.78, 5) is 14.5. The summed E-state index contributed by atoms with van der Waals surface area (Å²) in [6.45, 7) is 6.07. The molecular weight excluding hydrogens is 396 g/mol. The Kier molecular flexibility index (Phi) is 8.26. The summed E-state index contributed by atoms with van der Waals surface area (Å²) in [7, 11) is 3.29. The number of hydrogen-bond acceptors (Lipinski definition) is 7. The standard InChI is InChI=1S/C23H30N4O4/c1-17(25-26-23(28)15-24-20-5-7-21(29-2)8-6-20)18-4-9-22(30-3)19(14-18)16-27-10-12-31-13-11-27/h4-9,14,24H,10-13,15-16H2,1-3H3,(H,26,28)/b25-17-. The molecule has 1 aliphatic rings. The normalized spacial score (nSPS) is 14.7. The molecule has 0 atom stereocenters. The molecule has 2 N–H and O–H groups in total. The number of amides is 1. The number of carbonyl (C=O) groups is 1. The maximum Gasteiger partial charge on any atom is 0.259 e. The van der Waals surface area contributed by atoms with Crippen LogP contribution in [0.4, 0.5) is 5.69 Å². The van der Waals surface area contributed by atoms with E-state index in [0.29, 0.717) is 0 Å². The number of morpholine rings is 1. The molecule has 1 heterocycles. The van der Waals surface area contributed by atoms with E-state index in [9.17, 15) is 4.79 Å². The fraction of sp³-hybridized carbons (Fsp3) is 0.391. The first-order chi connectivity index (χ1) is 15.1. The molecule has 0 aliphatic carbocycles. The van der Waals surface area contributed by atoms with Gasteiger partial charge in [0.05, 0.1) is 39.7 Å². The van der Waals surface area contributed by atoms with Crippen molar-refractivity contribution in [3.8, 4) is 11.5 Å². The average molecular weight is 427 g/mol. The maximum absolute atomic E-state index is 12.2. The lowest BCUT2D eigenvalue weighted by Gasteiger charge is -2.27. The molecule has 2 aromatic carbocycles. The van der Waals surface area contributed by atoms with Crippen molar-refractivity contribution >= 4 is 17.3 Å². The van der Waals surface area contributed by atoms with E-state index in [2.05, 4.69) is 26.8 Å². The van der Waals surface area contributed by atoms with E-state index < -0.39 is 0 Å². The van der Waals surface area contributed by atoms with Crippen LogP contribution in [0, 0.1) is 0 Å². The summed E-state index contributed by atoms with van der Waals surface area (Å²) in [5, 5.41) is 7.32. The molecule has 3 rings (SSSR count). The van der Waals surface area contributed by atoms with Crippen molar-refractivity contribution < 1.29 is 19.0 Å². The molecule has 1 amide bonds. The molecule has 8 nitrogen and oxygen atoms in total. The Labute approximate surface area is 183 Å². The highest BCUT2D eigenvalue weighted by Gasteiger charge is 2.14. The molecule has 0 saturated carbocycles. The van der Waals surface area contributed by atoms with E-state index in [1.165, 1.54) is 0 Å². The SMILES string of the molecule is COc1ccc(NCC(=O)N/N=C(/C)c2ccc(OC)c(CN3CCOCC3)c2)cc1. The van der Waals surface area contributed by atoms with Crippen molar-refractivity contribution in [3.05, 3.63) is 53.6 Å². The van der Waals surface area contributed by atoms with Crippen LogP contribution in [0.3, 0.4) is 0 Å². The molecule has 2 aromatic rings. The summed E-state index contributed by atoms with van der Waals surface area (Å²) in [6.07, 6.45) is 0. The molecule has 0 unspecified atom stereocenters. The predicted molar refractivity (Wildman–Crippen MR) is 121 cm³/mol. The minimum absolute atomic E-state index is 0.119. The zero-order valence-corrected chi connectivity index (χ0v) is 18.3. The van der Waals surface area contributed by atoms with Gasteiger partial charge in [-0.1, -0.05) is 0 Å². The average Bonchev–Trinajstić information content (AvgIpc) is 2.82. The summed E-state index contributed by atoms with van der Waals surface area (Å²) < 4.78 is 16.1. The van der Waals surface area contributed by atoms with Crippen LogP contribution < -0.4 is 20.2 Å². The molecule has 0 radical (unpaired) electrons. The van der Waals surface area contributed by atoms with Crippen LogP contribution in [-0.2, 0) is 16.1 Å². The van der Waals surface area contributed by atoms with Crippen LogP contribution in [0.1, 0.15) is 18.1 Å². The molecule has 0 bridgehead atoms. The second-order valence-electron chi connectivity index (χ2n) is 7.23. The van der Waals surface area contributed by atoms with Crippen LogP contribution in [0.5, 0.6) is 11.5 Å². The van der Waals surface area contributed by atoms with Gasteiger partial charge in [0.2, 0.25) is 0 Å². The van der Waals surface area contributed by atoms with E-state index in [0.717, 1.165) is 66.9 Å². The molecule has 0 aromatic heterocycles. The zero-order chi connectivity index (χ0) is 22.1. The Morgan fingerprint density at radius 2 is 1.84 bits per heavy atom. The van der Waals surface area contributed by atoms with Crippen molar-refractivity contribution in [2.45, 2.75) is 13.5 Å². The Hall–Kier alpha value is -3.10. The van der Waals surface area contributed by atoms with Crippen molar-refractivity contribution in [1.82, 2.24) is 10.3 Å². The molecule has 8 heteroatoms. The summed E-state index contributed by atoms with van der Waals surface area (Å²) in [5.41, 5.74) is 6.19. The first kappa shape index (κ1) is 22.6. The van der Waals surface area contributed by atoms with Crippen molar-refractivity contribution in [2.24, 2.45) is 5.10 Å². The number of nitrogens with zero attached hydrogens (tertiary/aromatic N) is 2. The number of ether oxygens (including phenoxy) is 3. The molecule has 1 fully saturated rings. The van der Waals surface area contributed by atoms with Crippen molar-refractivity contribution in [2.75, 3.05) is 52.4 Å². The van der Waals surface area contributed by atoms with Gasteiger partial charge >= 0.3 is 0 Å². The maximum atomic E-state index is 12.2. The van der Waals surface area contributed by atoms with Gasteiger partial charge in [0, 0.05) is 30.9 Å². The Morgan fingerprint density at radius 3 is 2.52 bits per heavy atom. The summed E-state index contributed by atoms with van der Waals surface area (Å²) in [5.74, 6) is 1.38. The Balaban J connectivity index is 1.57. The molecular formula is C23H30N4O4. The molecule has 166 valence electrons. The largest absolute Gasteiger partial charge is 0.497 e. The minimum atomic E-state index is -0.225. The van der Waals surface area contributed by atoms with E-state index in [4.69, 9.17) is 14.2 Å². The van der Waals surface area contributed by atoms with Gasteiger partial charge < -0.3 is 19.5 Å². The monoisotopic (exact) mass is 426 g/mol. The third kappa shape index (κ3) is 6.70. The number of anilines is 1. The number of methoxy groups -OCH3 is 2. The van der Waals surface area contributed by atoms with E-state index in [1.807, 2.05) is 43.3 Å². The van der Waals surface area contributed by atoms with Crippen LogP contribution in [0.15, 0.2) is 47.6 Å². The van der Waals surface area contributed by atoms with Gasteiger partial charge in [-0.2, -0.15) is 5.10 Å². The quantitative estimate of drug-likeness (QED) is 0.473. The van der Waals surface area contributed by atoms with E-state index in [1.54, 1.807) is 14.2 Å². The lowest BCUT2D eigenvalue weighted by atomic mass is 10.1. The predicted octanol–water partition coefficient (Wildman–Crippen LogP) is 2.49. The smallest absolute Gasteiger partial charge is 0.259 e. The fourth-order valence-electron chi connectivity index (χ4n) is 3.27. The molecule has 1 saturated heterocycles. The van der Waals surface area contributed by atoms with Crippen molar-refractivity contribution in [3.63, 3.8) is 0 Å². The minimum Gasteiger partial charge on any atom is -0.497 e. The van der Waals surface area contributed by atoms with Crippen LogP contribution >= 0.6 is 0 Å². The zero-order valence-electron chi connectivity index (χ0n) is 18.3. The fourth-order valence-corrected chi connectivity index (χ4v) is 3.27. The van der Waals surface area contributed by atoms with E-state index >= 15 is 0 Å². The van der Waals surface area contributed by atoms with Gasteiger partial charge in [-0.3, -0.25) is 9.69 Å². The summed E-state index contributed by atoms with van der Waals surface area (Å²) in [6, 6.07) is 13.3. The van der Waals surface area contributed by atoms with Crippen LogP contribution in [-0.4, -0.2) is 63.6 Å². The third-order valence-electron chi connectivity index (χ3n) is 5.09. The van der Waals surface area contributed by atoms with Gasteiger partial charge in [-0.15, -0.1) is 0 Å². The third-order valence-corrected chi connectivity index (χ3v) is 5.09. The van der Waals surface area contributed by atoms with Gasteiger partial charge in [-0.05, 0) is 55.0 Å². The van der Waals surface area contributed by atoms with E-state index in [-0.39, 0.29) is 12.5 Å². The van der Waals surface area contributed by atoms with Crippen LogP contribution in [0.25, 0.3) is 0 Å². The number of hydrogen-bond donors (Lipinski definition) is 2. The second kappa shape index (κ2) is 11.3. The number of carbonyl (C=O) groups excluding carboxylic acids is 1. The van der Waals surface area contributed by atoms with Crippen molar-refractivity contribution in [1.29, 1.82) is 0 Å². The number of rotatable bonds is 9. The molecule has 0 spiro atoms. The van der Waals surface area contributed by atoms with Crippen LogP contribution in [0.2, 0.25) is 0 Å². The lowest BCUT2D eigenvalue weighted by molar-refractivity contribution is -0.119. The second-order valence-corrected chi connectivity index (χ2v) is 7.23. The first-order valence-electron chi connectivity index (χ1n) is 10.3. The highest BCUT2D eigenvalue weighted by Crippen LogP contribution is 2.22. The lowest BCUT2D eigenvalue weighted by Crippen LogP contribution is -2.35. The topological polar surface area (TPSA) is 84.4 Å². The van der Waals surface area contributed by atoms with Gasteiger partial charge in [0.15, 0.2) is 0 Å². The number of benzene rings is 2. The molecule has 31 heavy (non-hydrogen) atoms. The number of hydrazone groups is 1. The Morgan fingerprint density at radius 1 is 1.10 bits per heavy atom. The summed E-state index contributed by atoms with van der Waals surface area (Å²) >= 11 is 0. The highest BCUT2D eigenvalue weighted by molar-refractivity contribution is 5.99. The first-order valence-corrected chi connectivity index (χ1v) is 10.3.